The second kappa shape index (κ2) is 46.3. The molecule has 0 aromatic carbocycles. The number of aliphatic hydroxyl groups excluding tert-OH is 4. The van der Waals surface area contributed by atoms with E-state index in [0.29, 0.717) is 25.7 Å². The van der Waals surface area contributed by atoms with E-state index in [1.165, 1.54) is 154 Å². The van der Waals surface area contributed by atoms with Gasteiger partial charge in [-0.25, -0.2) is 0 Å². The first-order chi connectivity index (χ1) is 28.5. The Hall–Kier alpha value is -1.73. The zero-order valence-corrected chi connectivity index (χ0v) is 38.3. The summed E-state index contributed by atoms with van der Waals surface area (Å²) >= 11 is 0. The first kappa shape index (κ1) is 56.3. The number of carbonyl (C=O) groups is 1. The highest BCUT2D eigenvalue weighted by molar-refractivity contribution is 5.80. The number of nitrogens with one attached hydrogen (secondary N) is 1. The molecule has 58 heavy (non-hydrogen) atoms. The Labute approximate surface area is 359 Å². The van der Waals surface area contributed by atoms with E-state index in [2.05, 4.69) is 67.8 Å². The van der Waals surface area contributed by atoms with E-state index in [4.69, 9.17) is 0 Å². The molecule has 0 bridgehead atoms. The molecule has 0 aromatic heterocycles. The lowest BCUT2D eigenvalue weighted by Gasteiger charge is -2.27. The molecule has 4 atom stereocenters. The SMILES string of the molecule is CCCCCCCC/C=C\CCCCC(O)C(=O)NC(CO)C(O)C(O)CCC/C=C/CC/C=C/CC/C=C/CCCCCCCCCCCCCCCCCCC. The van der Waals surface area contributed by atoms with E-state index in [1.807, 2.05) is 0 Å². The number of hydrogen-bond donors (Lipinski definition) is 5. The van der Waals surface area contributed by atoms with Crippen molar-refractivity contribution in [3.8, 4) is 0 Å². The first-order valence-electron chi connectivity index (χ1n) is 25.0. The third-order valence-electron chi connectivity index (χ3n) is 11.5. The molecule has 0 saturated carbocycles. The van der Waals surface area contributed by atoms with Gasteiger partial charge in [0.1, 0.15) is 12.2 Å². The molecule has 0 aliphatic carbocycles. The van der Waals surface area contributed by atoms with Crippen LogP contribution in [0.2, 0.25) is 0 Å². The zero-order valence-electron chi connectivity index (χ0n) is 38.3. The normalized spacial score (nSPS) is 14.4. The van der Waals surface area contributed by atoms with E-state index in [1.54, 1.807) is 0 Å². The fraction of sp³-hybridized carbons (Fsp3) is 0.827. The maximum Gasteiger partial charge on any atom is 0.249 e. The Morgan fingerprint density at radius 2 is 0.724 bits per heavy atom. The lowest BCUT2D eigenvalue weighted by molar-refractivity contribution is -0.132. The quantitative estimate of drug-likeness (QED) is 0.0311. The Morgan fingerprint density at radius 1 is 0.414 bits per heavy atom. The minimum atomic E-state index is -1.30. The summed E-state index contributed by atoms with van der Waals surface area (Å²) in [5.41, 5.74) is 0. The molecular formula is C52H97NO5. The first-order valence-corrected chi connectivity index (χ1v) is 25.0. The van der Waals surface area contributed by atoms with Gasteiger partial charge in [0.25, 0.3) is 0 Å². The molecule has 0 aliphatic rings. The van der Waals surface area contributed by atoms with Crippen molar-refractivity contribution in [3.63, 3.8) is 0 Å². The van der Waals surface area contributed by atoms with Crippen molar-refractivity contribution in [1.29, 1.82) is 0 Å². The smallest absolute Gasteiger partial charge is 0.249 e. The summed E-state index contributed by atoms with van der Waals surface area (Å²) in [5.74, 6) is -0.617. The van der Waals surface area contributed by atoms with Crippen molar-refractivity contribution in [1.82, 2.24) is 5.32 Å². The number of amides is 1. The number of allylic oxidation sites excluding steroid dienone is 8. The number of rotatable bonds is 45. The zero-order chi connectivity index (χ0) is 42.4. The monoisotopic (exact) mass is 816 g/mol. The Kier molecular flexibility index (Phi) is 45.0. The fourth-order valence-electron chi connectivity index (χ4n) is 7.49. The van der Waals surface area contributed by atoms with Gasteiger partial charge in [-0.3, -0.25) is 4.79 Å². The van der Waals surface area contributed by atoms with Gasteiger partial charge in [-0.1, -0.05) is 204 Å². The van der Waals surface area contributed by atoms with Gasteiger partial charge in [-0.05, 0) is 89.9 Å². The van der Waals surface area contributed by atoms with Gasteiger partial charge < -0.3 is 25.7 Å². The van der Waals surface area contributed by atoms with Crippen LogP contribution in [0.25, 0.3) is 0 Å². The van der Waals surface area contributed by atoms with Gasteiger partial charge in [0.2, 0.25) is 5.91 Å². The minimum Gasteiger partial charge on any atom is -0.394 e. The highest BCUT2D eigenvalue weighted by Crippen LogP contribution is 2.16. The van der Waals surface area contributed by atoms with Crippen LogP contribution < -0.4 is 5.32 Å². The van der Waals surface area contributed by atoms with Gasteiger partial charge in [0.05, 0.1) is 18.8 Å². The van der Waals surface area contributed by atoms with Crippen molar-refractivity contribution in [3.05, 3.63) is 48.6 Å². The van der Waals surface area contributed by atoms with Crippen LogP contribution >= 0.6 is 0 Å². The number of aliphatic hydroxyl groups is 4. The molecule has 5 N–H and O–H groups in total. The summed E-state index contributed by atoms with van der Waals surface area (Å²) in [5, 5.41) is 43.6. The van der Waals surface area contributed by atoms with Gasteiger partial charge in [-0.15, -0.1) is 0 Å². The molecular weight excluding hydrogens is 719 g/mol. The molecule has 0 rings (SSSR count). The molecule has 0 spiro atoms. The van der Waals surface area contributed by atoms with E-state index < -0.39 is 36.9 Å². The molecule has 340 valence electrons. The summed E-state index contributed by atoms with van der Waals surface area (Å²) in [7, 11) is 0. The lowest BCUT2D eigenvalue weighted by atomic mass is 10.00. The molecule has 0 radical (unpaired) electrons. The standard InChI is InChI=1S/C52H97NO5/c1-3-5-7-9-11-13-15-17-18-19-20-21-22-23-24-25-26-27-28-29-30-31-32-33-34-36-37-39-41-43-45-49(55)51(57)48(47-54)53-52(58)50(56)46-44-42-40-38-35-16-14-12-10-8-6-4-2/h28-29,32-33,35,37-39,48-51,54-57H,3-27,30-31,34,36,40-47H2,1-2H3,(H,53,58)/b29-28+,33-32+,38-35-,39-37+. The fourth-order valence-corrected chi connectivity index (χ4v) is 7.49. The van der Waals surface area contributed by atoms with Crippen LogP contribution in [0, 0.1) is 0 Å². The summed E-state index contributed by atoms with van der Waals surface area (Å²) in [4.78, 5) is 12.5. The van der Waals surface area contributed by atoms with Crippen LogP contribution in [0.4, 0.5) is 0 Å². The third kappa shape index (κ3) is 39.7. The van der Waals surface area contributed by atoms with Gasteiger partial charge >= 0.3 is 0 Å². The number of unbranched alkanes of at least 4 members (excludes halogenated alkanes) is 28. The van der Waals surface area contributed by atoms with Gasteiger partial charge in [-0.2, -0.15) is 0 Å². The topological polar surface area (TPSA) is 110 Å². The van der Waals surface area contributed by atoms with Crippen LogP contribution in [0.1, 0.15) is 245 Å². The molecule has 6 nitrogen and oxygen atoms in total. The molecule has 0 saturated heterocycles. The Morgan fingerprint density at radius 3 is 1.09 bits per heavy atom. The molecule has 0 aromatic rings. The molecule has 4 unspecified atom stereocenters. The highest BCUT2D eigenvalue weighted by Gasteiger charge is 2.28. The summed E-state index contributed by atoms with van der Waals surface area (Å²) in [6.07, 6.45) is 57.5. The Balaban J connectivity index is 3.73. The Bertz CT molecular complexity index is 961. The summed E-state index contributed by atoms with van der Waals surface area (Å²) in [6.45, 7) is 4.02. The van der Waals surface area contributed by atoms with E-state index >= 15 is 0 Å². The molecule has 0 aliphatic heterocycles. The van der Waals surface area contributed by atoms with Crippen molar-refractivity contribution in [2.24, 2.45) is 0 Å². The van der Waals surface area contributed by atoms with Gasteiger partial charge in [0, 0.05) is 0 Å². The molecule has 1 amide bonds. The van der Waals surface area contributed by atoms with Gasteiger partial charge in [0.15, 0.2) is 0 Å². The molecule has 6 heteroatoms. The average Bonchev–Trinajstić information content (AvgIpc) is 3.23. The van der Waals surface area contributed by atoms with E-state index in [-0.39, 0.29) is 0 Å². The van der Waals surface area contributed by atoms with Crippen LogP contribution in [0.15, 0.2) is 48.6 Å². The largest absolute Gasteiger partial charge is 0.394 e. The van der Waals surface area contributed by atoms with Crippen molar-refractivity contribution >= 4 is 5.91 Å². The van der Waals surface area contributed by atoms with E-state index in [9.17, 15) is 25.2 Å². The average molecular weight is 816 g/mol. The predicted molar refractivity (Wildman–Crippen MR) is 251 cm³/mol. The number of hydrogen-bond acceptors (Lipinski definition) is 5. The van der Waals surface area contributed by atoms with E-state index in [0.717, 1.165) is 51.4 Å². The van der Waals surface area contributed by atoms with Crippen molar-refractivity contribution in [2.45, 2.75) is 269 Å². The lowest BCUT2D eigenvalue weighted by Crippen LogP contribution is -2.53. The van der Waals surface area contributed by atoms with Crippen molar-refractivity contribution < 1.29 is 25.2 Å². The van der Waals surface area contributed by atoms with Crippen LogP contribution in [0.3, 0.4) is 0 Å². The second-order valence-corrected chi connectivity index (χ2v) is 17.1. The highest BCUT2D eigenvalue weighted by atomic mass is 16.3. The molecule has 0 heterocycles. The van der Waals surface area contributed by atoms with Crippen LogP contribution in [-0.4, -0.2) is 57.3 Å². The molecule has 0 fully saturated rings. The summed E-state index contributed by atoms with van der Waals surface area (Å²) in [6, 6.07) is -1.02. The summed E-state index contributed by atoms with van der Waals surface area (Å²) < 4.78 is 0. The third-order valence-corrected chi connectivity index (χ3v) is 11.5. The van der Waals surface area contributed by atoms with Crippen molar-refractivity contribution in [2.75, 3.05) is 6.61 Å². The van der Waals surface area contributed by atoms with Crippen LogP contribution in [0.5, 0.6) is 0 Å². The van der Waals surface area contributed by atoms with Crippen LogP contribution in [-0.2, 0) is 4.79 Å². The number of carbonyl (C=O) groups excluding carboxylic acids is 1. The maximum absolute atomic E-state index is 12.5. The predicted octanol–water partition coefficient (Wildman–Crippen LogP) is 13.9. The second-order valence-electron chi connectivity index (χ2n) is 17.1. The maximum atomic E-state index is 12.5. The minimum absolute atomic E-state index is 0.326.